The molecular weight excluding hydrogens is 496 g/mol. The summed E-state index contributed by atoms with van der Waals surface area (Å²) in [5.74, 6) is -3.35. The van der Waals surface area contributed by atoms with Gasteiger partial charge in [-0.1, -0.05) is 52.0 Å². The zero-order valence-corrected chi connectivity index (χ0v) is 24.1. The first-order chi connectivity index (χ1) is 18.1. The fraction of sp³-hybridized carbons (Fsp3) is 0.633. The van der Waals surface area contributed by atoms with Crippen LogP contribution in [0.3, 0.4) is 0 Å². The van der Waals surface area contributed by atoms with E-state index in [2.05, 4.69) is 21.3 Å². The predicted molar refractivity (Wildman–Crippen MR) is 147 cm³/mol. The highest BCUT2D eigenvalue weighted by Crippen LogP contribution is 2.68. The molecule has 39 heavy (non-hydrogen) atoms. The number of carbonyl (C=O) groups excluding carboxylic acids is 5. The lowest BCUT2D eigenvalue weighted by atomic mass is 9.55. The Morgan fingerprint density at radius 3 is 2.03 bits per heavy atom. The van der Waals surface area contributed by atoms with E-state index in [4.69, 9.17) is 0 Å². The molecule has 2 fully saturated rings. The van der Waals surface area contributed by atoms with E-state index in [1.807, 2.05) is 65.8 Å². The van der Waals surface area contributed by atoms with E-state index in [0.717, 1.165) is 24.0 Å². The van der Waals surface area contributed by atoms with Gasteiger partial charge in [-0.25, -0.2) is 4.79 Å². The number of urea groups is 1. The summed E-state index contributed by atoms with van der Waals surface area (Å²) in [7, 11) is 0. The van der Waals surface area contributed by atoms with Crippen LogP contribution in [0.5, 0.6) is 0 Å². The van der Waals surface area contributed by atoms with Crippen LogP contribution in [0.15, 0.2) is 24.3 Å². The summed E-state index contributed by atoms with van der Waals surface area (Å²) in [6, 6.07) is 5.55. The van der Waals surface area contributed by atoms with Crippen molar-refractivity contribution in [1.82, 2.24) is 21.3 Å². The summed E-state index contributed by atoms with van der Waals surface area (Å²) in [5.41, 5.74) is 0.426. The first kappa shape index (κ1) is 28.8. The van der Waals surface area contributed by atoms with Gasteiger partial charge in [0, 0.05) is 22.9 Å². The van der Waals surface area contributed by atoms with E-state index in [9.17, 15) is 24.0 Å². The number of hydrogen-bond acceptors (Lipinski definition) is 5. The van der Waals surface area contributed by atoms with Gasteiger partial charge in [-0.3, -0.25) is 19.2 Å². The van der Waals surface area contributed by atoms with Crippen LogP contribution >= 0.6 is 0 Å². The molecule has 2 saturated carbocycles. The van der Waals surface area contributed by atoms with E-state index in [1.165, 1.54) is 0 Å². The number of amides is 4. The minimum absolute atomic E-state index is 0.0323. The average Bonchev–Trinajstić information content (AvgIpc) is 3.73. The molecule has 9 nitrogen and oxygen atoms in total. The van der Waals surface area contributed by atoms with Crippen molar-refractivity contribution < 1.29 is 24.0 Å². The average molecular weight is 539 g/mol. The van der Waals surface area contributed by atoms with Crippen molar-refractivity contribution >= 4 is 29.4 Å². The monoisotopic (exact) mass is 538 g/mol. The summed E-state index contributed by atoms with van der Waals surface area (Å²) in [6.45, 7) is 13.0. The number of nitrogens with one attached hydrogen (secondary N) is 4. The van der Waals surface area contributed by atoms with Gasteiger partial charge < -0.3 is 21.3 Å². The Balaban J connectivity index is 1.56. The highest BCUT2D eigenvalue weighted by molar-refractivity contribution is 6.38. The van der Waals surface area contributed by atoms with Crippen molar-refractivity contribution in [3.8, 4) is 0 Å². The molecule has 1 spiro atoms. The molecule has 0 heterocycles. The molecule has 0 aromatic heterocycles. The van der Waals surface area contributed by atoms with Gasteiger partial charge in [-0.05, 0) is 63.0 Å². The van der Waals surface area contributed by atoms with Crippen LogP contribution in [0.4, 0.5) is 4.79 Å². The maximum absolute atomic E-state index is 14.0. The number of benzene rings is 1. The first-order valence-corrected chi connectivity index (χ1v) is 14.0. The van der Waals surface area contributed by atoms with Gasteiger partial charge in [-0.2, -0.15) is 0 Å². The second-order valence-corrected chi connectivity index (χ2v) is 13.4. The summed E-state index contributed by atoms with van der Waals surface area (Å²) in [5, 5.41) is 11.2. The van der Waals surface area contributed by atoms with Gasteiger partial charge in [0.15, 0.2) is 5.78 Å². The van der Waals surface area contributed by atoms with Gasteiger partial charge in [0.25, 0.3) is 5.91 Å². The van der Waals surface area contributed by atoms with Crippen LogP contribution in [0.2, 0.25) is 0 Å². The molecule has 3 unspecified atom stereocenters. The van der Waals surface area contributed by atoms with E-state index >= 15 is 0 Å². The zero-order valence-electron chi connectivity index (χ0n) is 24.1. The molecule has 4 N–H and O–H groups in total. The number of ketones is 2. The SMILES string of the molecule is CCC(NC(=O)C1C(C(=O)[C@@H](NC(=O)NC(C)(C)C)C(C)(C)C)CC12c1ccccc12)C(=O)C(=O)NC1CC1. The standard InChI is InChI=1S/C30H42N4O5/c1-8-20(23(36)26(38)31-16-13-14-16)32-25(37)21-17(15-30(21)18-11-9-10-12-19(18)30)22(35)24(28(2,3)4)33-27(39)34-29(5,6)7/h9-12,16-17,20-21,24H,8,13-15H2,1-7H3,(H,31,38)(H,32,37)(H2,33,34,39)/t17?,20?,21?,24-/m1/s1. The lowest BCUT2D eigenvalue weighted by Crippen LogP contribution is -2.63. The summed E-state index contributed by atoms with van der Waals surface area (Å²) < 4.78 is 0. The third-order valence-corrected chi connectivity index (χ3v) is 8.04. The lowest BCUT2D eigenvalue weighted by Gasteiger charge is -2.47. The zero-order chi connectivity index (χ0) is 28.9. The summed E-state index contributed by atoms with van der Waals surface area (Å²) in [4.78, 5) is 65.9. The third-order valence-electron chi connectivity index (χ3n) is 8.04. The molecule has 4 atom stereocenters. The molecule has 0 bridgehead atoms. The Bertz CT molecular complexity index is 1170. The Morgan fingerprint density at radius 2 is 1.54 bits per heavy atom. The molecule has 0 saturated heterocycles. The Morgan fingerprint density at radius 1 is 0.949 bits per heavy atom. The van der Waals surface area contributed by atoms with Crippen LogP contribution in [0.25, 0.3) is 0 Å². The molecule has 3 aliphatic carbocycles. The van der Waals surface area contributed by atoms with Crippen molar-refractivity contribution in [2.24, 2.45) is 17.3 Å². The molecule has 9 heteroatoms. The predicted octanol–water partition coefficient (Wildman–Crippen LogP) is 2.75. The Hall–Kier alpha value is -3.23. The van der Waals surface area contributed by atoms with Crippen LogP contribution in [-0.4, -0.2) is 53.1 Å². The normalized spacial score (nSPS) is 22.4. The number of carbonyl (C=O) groups is 5. The van der Waals surface area contributed by atoms with E-state index in [-0.39, 0.29) is 18.2 Å². The maximum Gasteiger partial charge on any atom is 0.315 e. The molecule has 1 aromatic carbocycles. The minimum Gasteiger partial charge on any atom is -0.347 e. The second-order valence-electron chi connectivity index (χ2n) is 13.4. The minimum atomic E-state index is -0.972. The van der Waals surface area contributed by atoms with Crippen molar-refractivity contribution in [2.45, 2.75) is 103 Å². The van der Waals surface area contributed by atoms with E-state index < -0.39 is 63.9 Å². The fourth-order valence-corrected chi connectivity index (χ4v) is 5.85. The molecule has 0 radical (unpaired) electrons. The number of rotatable bonds is 9. The molecule has 4 amide bonds. The molecular formula is C30H42N4O5. The van der Waals surface area contributed by atoms with Crippen molar-refractivity contribution in [3.63, 3.8) is 0 Å². The molecule has 4 rings (SSSR count). The quantitative estimate of drug-likeness (QED) is 0.359. The number of hydrogen-bond donors (Lipinski definition) is 4. The molecule has 212 valence electrons. The van der Waals surface area contributed by atoms with Crippen LogP contribution in [-0.2, 0) is 24.6 Å². The molecule has 0 aliphatic heterocycles. The van der Waals surface area contributed by atoms with Crippen LogP contribution in [0.1, 0.15) is 85.3 Å². The van der Waals surface area contributed by atoms with Gasteiger partial charge in [0.1, 0.15) is 0 Å². The molecule has 3 aliphatic rings. The number of fused-ring (bicyclic) bond motifs is 3. The summed E-state index contributed by atoms with van der Waals surface area (Å²) in [6.07, 6.45) is 2.43. The van der Waals surface area contributed by atoms with Gasteiger partial charge >= 0.3 is 6.03 Å². The smallest absolute Gasteiger partial charge is 0.315 e. The van der Waals surface area contributed by atoms with Crippen molar-refractivity contribution in [1.29, 1.82) is 0 Å². The largest absolute Gasteiger partial charge is 0.347 e. The van der Waals surface area contributed by atoms with Crippen LogP contribution in [0, 0.1) is 17.3 Å². The van der Waals surface area contributed by atoms with Crippen molar-refractivity contribution in [2.75, 3.05) is 0 Å². The highest BCUT2D eigenvalue weighted by atomic mass is 16.2. The van der Waals surface area contributed by atoms with E-state index in [0.29, 0.717) is 6.42 Å². The Kier molecular flexibility index (Phi) is 7.42. The van der Waals surface area contributed by atoms with Gasteiger partial charge in [0.05, 0.1) is 18.0 Å². The lowest BCUT2D eigenvalue weighted by molar-refractivity contribution is -0.147. The maximum atomic E-state index is 14.0. The van der Waals surface area contributed by atoms with Crippen molar-refractivity contribution in [3.05, 3.63) is 35.4 Å². The topological polar surface area (TPSA) is 133 Å². The second kappa shape index (κ2) is 10.1. The highest BCUT2D eigenvalue weighted by Gasteiger charge is 2.70. The van der Waals surface area contributed by atoms with Gasteiger partial charge in [-0.15, -0.1) is 0 Å². The third kappa shape index (κ3) is 5.72. The number of Topliss-reactive ketones (excluding diaryl/α,β-unsaturated/α-hetero) is 2. The first-order valence-electron chi connectivity index (χ1n) is 14.0. The van der Waals surface area contributed by atoms with E-state index in [1.54, 1.807) is 6.92 Å². The fourth-order valence-electron chi connectivity index (χ4n) is 5.85. The molecule has 1 aromatic rings. The van der Waals surface area contributed by atoms with Gasteiger partial charge in [0.2, 0.25) is 11.7 Å². The van der Waals surface area contributed by atoms with Crippen LogP contribution < -0.4 is 21.3 Å². The summed E-state index contributed by atoms with van der Waals surface area (Å²) >= 11 is 0. The Labute approximate surface area is 230 Å².